The van der Waals surface area contributed by atoms with Crippen molar-refractivity contribution in [2.45, 2.75) is 12.5 Å². The molecule has 0 amide bonds. The number of nitrogens with two attached hydrogens (primary N) is 1. The van der Waals surface area contributed by atoms with Gasteiger partial charge in [-0.15, -0.1) is 0 Å². The summed E-state index contributed by atoms with van der Waals surface area (Å²) in [6.45, 7) is 0. The lowest BCUT2D eigenvalue weighted by Crippen LogP contribution is -2.29. The second kappa shape index (κ2) is 6.11. The van der Waals surface area contributed by atoms with Crippen molar-refractivity contribution in [1.82, 2.24) is 15.6 Å². The highest BCUT2D eigenvalue weighted by Gasteiger charge is 2.13. The highest BCUT2D eigenvalue weighted by atomic mass is 35.5. The standard InChI is InChI=1S/C12H12Cl2N4/c13-10-2-1-8(11(14)6-10)5-12(18-15)9-3-4-16-17-7-9/h1-4,6-7,12,18H,5,15H2. The van der Waals surface area contributed by atoms with E-state index in [1.165, 1.54) is 0 Å². The van der Waals surface area contributed by atoms with Gasteiger partial charge in [-0.3, -0.25) is 11.3 Å². The second-order valence-electron chi connectivity index (χ2n) is 3.83. The first-order chi connectivity index (χ1) is 8.70. The quantitative estimate of drug-likeness (QED) is 0.668. The molecule has 0 saturated heterocycles. The average Bonchev–Trinajstić information content (AvgIpc) is 2.39. The van der Waals surface area contributed by atoms with E-state index in [4.69, 9.17) is 29.0 Å². The van der Waals surface area contributed by atoms with Crippen LogP contribution in [0.2, 0.25) is 10.0 Å². The van der Waals surface area contributed by atoms with Gasteiger partial charge in [0.25, 0.3) is 0 Å². The van der Waals surface area contributed by atoms with Crippen LogP contribution in [0.4, 0.5) is 0 Å². The maximum absolute atomic E-state index is 6.14. The molecule has 1 unspecified atom stereocenters. The van der Waals surface area contributed by atoms with Crippen LogP contribution in [0.5, 0.6) is 0 Å². The Morgan fingerprint density at radius 2 is 2.06 bits per heavy atom. The van der Waals surface area contributed by atoms with E-state index in [0.29, 0.717) is 16.5 Å². The summed E-state index contributed by atoms with van der Waals surface area (Å²) in [7, 11) is 0. The molecule has 94 valence electrons. The molecule has 1 aromatic carbocycles. The molecule has 18 heavy (non-hydrogen) atoms. The van der Waals surface area contributed by atoms with E-state index in [9.17, 15) is 0 Å². The highest BCUT2D eigenvalue weighted by molar-refractivity contribution is 6.35. The molecule has 2 aromatic rings. The van der Waals surface area contributed by atoms with Crippen LogP contribution in [-0.4, -0.2) is 10.2 Å². The molecule has 0 aliphatic heterocycles. The van der Waals surface area contributed by atoms with Gasteiger partial charge in [-0.05, 0) is 35.7 Å². The van der Waals surface area contributed by atoms with Gasteiger partial charge in [-0.2, -0.15) is 10.2 Å². The smallest absolute Gasteiger partial charge is 0.0544 e. The minimum absolute atomic E-state index is 0.0702. The van der Waals surface area contributed by atoms with Gasteiger partial charge in [0.2, 0.25) is 0 Å². The van der Waals surface area contributed by atoms with E-state index in [-0.39, 0.29) is 6.04 Å². The molecule has 1 atom stereocenters. The maximum atomic E-state index is 6.14. The number of nitrogens with one attached hydrogen (secondary N) is 1. The number of nitrogens with zero attached hydrogens (tertiary/aromatic N) is 2. The molecule has 0 aliphatic rings. The molecule has 2 rings (SSSR count). The number of rotatable bonds is 4. The van der Waals surface area contributed by atoms with Crippen molar-refractivity contribution in [3.05, 3.63) is 57.8 Å². The topological polar surface area (TPSA) is 63.8 Å². The summed E-state index contributed by atoms with van der Waals surface area (Å²) in [5.74, 6) is 5.57. The molecular weight excluding hydrogens is 271 g/mol. The lowest BCUT2D eigenvalue weighted by Gasteiger charge is -2.16. The van der Waals surface area contributed by atoms with Crippen LogP contribution in [0.25, 0.3) is 0 Å². The van der Waals surface area contributed by atoms with E-state index >= 15 is 0 Å². The molecule has 3 N–H and O–H groups in total. The Kier molecular flexibility index (Phi) is 4.49. The van der Waals surface area contributed by atoms with Crippen LogP contribution in [0.1, 0.15) is 17.2 Å². The normalized spacial score (nSPS) is 12.4. The maximum Gasteiger partial charge on any atom is 0.0544 e. The van der Waals surface area contributed by atoms with Crippen LogP contribution in [0, 0.1) is 0 Å². The molecule has 0 radical (unpaired) electrons. The lowest BCUT2D eigenvalue weighted by atomic mass is 10.0. The molecule has 0 fully saturated rings. The van der Waals surface area contributed by atoms with Gasteiger partial charge in [-0.1, -0.05) is 29.3 Å². The molecule has 0 saturated carbocycles. The van der Waals surface area contributed by atoms with Crippen LogP contribution in [0.3, 0.4) is 0 Å². The minimum Gasteiger partial charge on any atom is -0.271 e. The predicted octanol–water partition coefficient (Wildman–Crippen LogP) is 2.53. The minimum atomic E-state index is -0.0702. The fraction of sp³-hybridized carbons (Fsp3) is 0.167. The zero-order valence-corrected chi connectivity index (χ0v) is 11.0. The van der Waals surface area contributed by atoms with Gasteiger partial charge < -0.3 is 0 Å². The number of benzene rings is 1. The fourth-order valence-corrected chi connectivity index (χ4v) is 2.17. The number of aromatic nitrogens is 2. The zero-order valence-electron chi connectivity index (χ0n) is 9.48. The summed E-state index contributed by atoms with van der Waals surface area (Å²) in [5, 5.41) is 8.81. The summed E-state index contributed by atoms with van der Waals surface area (Å²) >= 11 is 12.0. The Labute approximate surface area is 115 Å². The van der Waals surface area contributed by atoms with Gasteiger partial charge in [0.05, 0.1) is 12.2 Å². The SMILES string of the molecule is NNC(Cc1ccc(Cl)cc1Cl)c1ccnnc1. The zero-order chi connectivity index (χ0) is 13.0. The highest BCUT2D eigenvalue weighted by Crippen LogP contribution is 2.25. The molecule has 0 aliphatic carbocycles. The fourth-order valence-electron chi connectivity index (χ4n) is 1.69. The van der Waals surface area contributed by atoms with Gasteiger partial charge in [0.1, 0.15) is 0 Å². The summed E-state index contributed by atoms with van der Waals surface area (Å²) in [5.41, 5.74) is 4.68. The van der Waals surface area contributed by atoms with Crippen molar-refractivity contribution in [1.29, 1.82) is 0 Å². The number of hydrogen-bond acceptors (Lipinski definition) is 4. The van der Waals surface area contributed by atoms with E-state index in [2.05, 4.69) is 15.6 Å². The molecule has 1 aromatic heterocycles. The third-order valence-corrected chi connectivity index (χ3v) is 3.24. The molecule has 1 heterocycles. The van der Waals surface area contributed by atoms with E-state index in [1.54, 1.807) is 24.5 Å². The largest absolute Gasteiger partial charge is 0.271 e. The van der Waals surface area contributed by atoms with E-state index < -0.39 is 0 Å². The van der Waals surface area contributed by atoms with Crippen molar-refractivity contribution in [2.75, 3.05) is 0 Å². The van der Waals surface area contributed by atoms with E-state index in [1.807, 2.05) is 12.1 Å². The number of halogens is 2. The van der Waals surface area contributed by atoms with Crippen molar-refractivity contribution in [3.63, 3.8) is 0 Å². The van der Waals surface area contributed by atoms with Gasteiger partial charge in [-0.25, -0.2) is 0 Å². The van der Waals surface area contributed by atoms with Crippen molar-refractivity contribution < 1.29 is 0 Å². The van der Waals surface area contributed by atoms with Gasteiger partial charge >= 0.3 is 0 Å². The first-order valence-corrected chi connectivity index (χ1v) is 6.13. The van der Waals surface area contributed by atoms with Crippen molar-refractivity contribution >= 4 is 23.2 Å². The molecular formula is C12H12Cl2N4. The lowest BCUT2D eigenvalue weighted by molar-refractivity contribution is 0.549. The Morgan fingerprint density at radius 3 is 2.67 bits per heavy atom. The molecule has 4 nitrogen and oxygen atoms in total. The predicted molar refractivity (Wildman–Crippen MR) is 72.3 cm³/mol. The Hall–Kier alpha value is -1.20. The first kappa shape index (κ1) is 13.2. The Bertz CT molecular complexity index is 519. The summed E-state index contributed by atoms with van der Waals surface area (Å²) in [6, 6.07) is 7.21. The first-order valence-electron chi connectivity index (χ1n) is 5.37. The second-order valence-corrected chi connectivity index (χ2v) is 4.68. The van der Waals surface area contributed by atoms with Gasteiger partial charge in [0, 0.05) is 16.2 Å². The van der Waals surface area contributed by atoms with Crippen LogP contribution >= 0.6 is 23.2 Å². The summed E-state index contributed by atoms with van der Waals surface area (Å²) in [4.78, 5) is 0. The molecule has 0 spiro atoms. The third kappa shape index (κ3) is 3.17. The van der Waals surface area contributed by atoms with Crippen LogP contribution < -0.4 is 11.3 Å². The van der Waals surface area contributed by atoms with Gasteiger partial charge in [0.15, 0.2) is 0 Å². The number of hydrazine groups is 1. The number of hydrogen-bond donors (Lipinski definition) is 2. The van der Waals surface area contributed by atoms with Crippen molar-refractivity contribution in [3.8, 4) is 0 Å². The average molecular weight is 283 g/mol. The molecule has 0 bridgehead atoms. The van der Waals surface area contributed by atoms with Crippen LogP contribution in [0.15, 0.2) is 36.7 Å². The molecule has 6 heteroatoms. The third-order valence-electron chi connectivity index (χ3n) is 2.65. The Morgan fingerprint density at radius 1 is 1.22 bits per heavy atom. The van der Waals surface area contributed by atoms with Crippen molar-refractivity contribution in [2.24, 2.45) is 5.84 Å². The van der Waals surface area contributed by atoms with E-state index in [0.717, 1.165) is 11.1 Å². The monoisotopic (exact) mass is 282 g/mol. The summed E-state index contributed by atoms with van der Waals surface area (Å²) < 4.78 is 0. The van der Waals surface area contributed by atoms with Crippen LogP contribution in [-0.2, 0) is 6.42 Å². The Balaban J connectivity index is 2.21. The summed E-state index contributed by atoms with van der Waals surface area (Å²) in [6.07, 6.45) is 3.95.